The molecular formula is C14H17N3O. The van der Waals surface area contributed by atoms with Crippen molar-refractivity contribution in [1.82, 2.24) is 9.97 Å². The molecule has 4 nitrogen and oxygen atoms in total. The molecule has 0 spiro atoms. The topological polar surface area (TPSA) is 58.0 Å². The Balaban J connectivity index is 2.28. The number of benzene rings is 1. The molecule has 0 saturated carbocycles. The Kier molecular flexibility index (Phi) is 3.89. The third-order valence-electron chi connectivity index (χ3n) is 2.70. The van der Waals surface area contributed by atoms with E-state index < -0.39 is 0 Å². The second-order valence-electron chi connectivity index (χ2n) is 4.40. The van der Waals surface area contributed by atoms with Crippen molar-refractivity contribution in [3.05, 3.63) is 47.8 Å². The zero-order chi connectivity index (χ0) is 13.0. The van der Waals surface area contributed by atoms with E-state index in [1.165, 1.54) is 5.56 Å². The Bertz CT molecular complexity index is 526. The molecule has 2 aromatic rings. The molecule has 18 heavy (non-hydrogen) atoms. The highest BCUT2D eigenvalue weighted by molar-refractivity contribution is 5.59. The van der Waals surface area contributed by atoms with Gasteiger partial charge in [0.15, 0.2) is 0 Å². The van der Waals surface area contributed by atoms with Crippen LogP contribution >= 0.6 is 0 Å². The zero-order valence-electron chi connectivity index (χ0n) is 10.6. The van der Waals surface area contributed by atoms with E-state index >= 15 is 0 Å². The minimum atomic E-state index is -0.0803. The summed E-state index contributed by atoms with van der Waals surface area (Å²) in [5.74, 6) is 0.935. The molecular weight excluding hydrogens is 226 g/mol. The number of nitrogens with zero attached hydrogens (tertiary/aromatic N) is 2. The molecule has 2 rings (SSSR count). The van der Waals surface area contributed by atoms with Crippen LogP contribution in [0, 0.1) is 0 Å². The fourth-order valence-electron chi connectivity index (χ4n) is 1.78. The molecule has 0 radical (unpaired) electrons. The maximum atomic E-state index is 9.05. The lowest BCUT2D eigenvalue weighted by molar-refractivity contribution is 0.277. The number of anilines is 2. The van der Waals surface area contributed by atoms with E-state index in [1.54, 1.807) is 12.3 Å². The standard InChI is InChI=1S/C14H17N3O/c1-10(2)12-5-3-4-6-13(12)17-14-15-8-7-11(9-18)16-14/h3-8,10,18H,9H2,1-2H3,(H,15,16,17). The van der Waals surface area contributed by atoms with E-state index in [0.29, 0.717) is 17.6 Å². The van der Waals surface area contributed by atoms with Gasteiger partial charge in [0, 0.05) is 11.9 Å². The van der Waals surface area contributed by atoms with Gasteiger partial charge >= 0.3 is 0 Å². The predicted molar refractivity (Wildman–Crippen MR) is 71.8 cm³/mol. The number of rotatable bonds is 4. The summed E-state index contributed by atoms with van der Waals surface area (Å²) in [4.78, 5) is 8.36. The van der Waals surface area contributed by atoms with Crippen LogP contribution in [0.4, 0.5) is 11.6 Å². The fraction of sp³-hybridized carbons (Fsp3) is 0.286. The van der Waals surface area contributed by atoms with Crippen molar-refractivity contribution < 1.29 is 5.11 Å². The Morgan fingerprint density at radius 3 is 2.72 bits per heavy atom. The van der Waals surface area contributed by atoms with Gasteiger partial charge in [0.1, 0.15) is 0 Å². The number of aliphatic hydroxyl groups is 1. The van der Waals surface area contributed by atoms with Crippen molar-refractivity contribution in [1.29, 1.82) is 0 Å². The predicted octanol–water partition coefficient (Wildman–Crippen LogP) is 2.84. The summed E-state index contributed by atoms with van der Waals surface area (Å²) in [5, 5.41) is 12.2. The van der Waals surface area contributed by atoms with E-state index in [0.717, 1.165) is 5.69 Å². The number of nitrogens with one attached hydrogen (secondary N) is 1. The Hall–Kier alpha value is -1.94. The van der Waals surface area contributed by atoms with Crippen molar-refractivity contribution in [2.75, 3.05) is 5.32 Å². The van der Waals surface area contributed by atoms with E-state index in [2.05, 4.69) is 35.2 Å². The lowest BCUT2D eigenvalue weighted by Crippen LogP contribution is -2.02. The van der Waals surface area contributed by atoms with E-state index in [1.807, 2.05) is 18.2 Å². The van der Waals surface area contributed by atoms with Gasteiger partial charge in [-0.1, -0.05) is 32.0 Å². The number of aromatic nitrogens is 2. The van der Waals surface area contributed by atoms with Crippen molar-refractivity contribution >= 4 is 11.6 Å². The van der Waals surface area contributed by atoms with Crippen LogP contribution in [0.5, 0.6) is 0 Å². The van der Waals surface area contributed by atoms with Gasteiger partial charge in [0.25, 0.3) is 0 Å². The van der Waals surface area contributed by atoms with Gasteiger partial charge in [-0.25, -0.2) is 9.97 Å². The second kappa shape index (κ2) is 5.60. The molecule has 0 atom stereocenters. The molecule has 2 N–H and O–H groups in total. The summed E-state index contributed by atoms with van der Waals surface area (Å²) < 4.78 is 0. The van der Waals surface area contributed by atoms with Gasteiger partial charge in [-0.2, -0.15) is 0 Å². The van der Waals surface area contributed by atoms with Gasteiger partial charge in [-0.15, -0.1) is 0 Å². The summed E-state index contributed by atoms with van der Waals surface area (Å²) in [7, 11) is 0. The number of aliphatic hydroxyl groups excluding tert-OH is 1. The molecule has 94 valence electrons. The largest absolute Gasteiger partial charge is 0.390 e. The molecule has 0 unspecified atom stereocenters. The van der Waals surface area contributed by atoms with Crippen LogP contribution in [0.1, 0.15) is 31.0 Å². The van der Waals surface area contributed by atoms with Gasteiger partial charge in [0.2, 0.25) is 5.95 Å². The van der Waals surface area contributed by atoms with Gasteiger partial charge in [0.05, 0.1) is 12.3 Å². The molecule has 0 aliphatic heterocycles. The van der Waals surface area contributed by atoms with Gasteiger partial charge < -0.3 is 10.4 Å². The van der Waals surface area contributed by atoms with Crippen molar-refractivity contribution in [2.45, 2.75) is 26.4 Å². The average Bonchev–Trinajstić information content (AvgIpc) is 2.39. The fourth-order valence-corrected chi connectivity index (χ4v) is 1.78. The Morgan fingerprint density at radius 1 is 1.22 bits per heavy atom. The van der Waals surface area contributed by atoms with E-state index in [4.69, 9.17) is 5.11 Å². The molecule has 0 bridgehead atoms. The van der Waals surface area contributed by atoms with Crippen molar-refractivity contribution in [3.63, 3.8) is 0 Å². The highest BCUT2D eigenvalue weighted by atomic mass is 16.3. The van der Waals surface area contributed by atoms with Crippen LogP contribution in [0.3, 0.4) is 0 Å². The van der Waals surface area contributed by atoms with E-state index in [9.17, 15) is 0 Å². The molecule has 0 saturated heterocycles. The van der Waals surface area contributed by atoms with Crippen molar-refractivity contribution in [2.24, 2.45) is 0 Å². The summed E-state index contributed by atoms with van der Waals surface area (Å²) in [6.45, 7) is 4.21. The van der Waals surface area contributed by atoms with Crippen LogP contribution < -0.4 is 5.32 Å². The minimum Gasteiger partial charge on any atom is -0.390 e. The van der Waals surface area contributed by atoms with Crippen LogP contribution in [0.15, 0.2) is 36.5 Å². The number of para-hydroxylation sites is 1. The first-order valence-corrected chi connectivity index (χ1v) is 5.99. The lowest BCUT2D eigenvalue weighted by atomic mass is 10.0. The third-order valence-corrected chi connectivity index (χ3v) is 2.70. The minimum absolute atomic E-state index is 0.0803. The normalized spacial score (nSPS) is 10.7. The quantitative estimate of drug-likeness (QED) is 0.867. The maximum absolute atomic E-state index is 9.05. The molecule has 1 aromatic heterocycles. The number of hydrogen-bond donors (Lipinski definition) is 2. The van der Waals surface area contributed by atoms with E-state index in [-0.39, 0.29) is 6.61 Å². The highest BCUT2D eigenvalue weighted by Crippen LogP contribution is 2.25. The molecule has 0 aliphatic carbocycles. The van der Waals surface area contributed by atoms with Gasteiger partial charge in [-0.05, 0) is 23.6 Å². The van der Waals surface area contributed by atoms with Crippen LogP contribution in [-0.2, 0) is 6.61 Å². The first-order valence-electron chi connectivity index (χ1n) is 5.99. The molecule has 1 heterocycles. The molecule has 0 aliphatic rings. The van der Waals surface area contributed by atoms with Crippen LogP contribution in [0.2, 0.25) is 0 Å². The average molecular weight is 243 g/mol. The summed E-state index contributed by atoms with van der Waals surface area (Å²) >= 11 is 0. The highest BCUT2D eigenvalue weighted by Gasteiger charge is 2.07. The third kappa shape index (κ3) is 2.84. The molecule has 0 amide bonds. The molecule has 0 fully saturated rings. The summed E-state index contributed by atoms with van der Waals surface area (Å²) in [6.07, 6.45) is 1.64. The maximum Gasteiger partial charge on any atom is 0.227 e. The Morgan fingerprint density at radius 2 is 2.00 bits per heavy atom. The smallest absolute Gasteiger partial charge is 0.227 e. The van der Waals surface area contributed by atoms with Crippen molar-refractivity contribution in [3.8, 4) is 0 Å². The van der Waals surface area contributed by atoms with Crippen LogP contribution in [-0.4, -0.2) is 15.1 Å². The number of hydrogen-bond acceptors (Lipinski definition) is 4. The lowest BCUT2D eigenvalue weighted by Gasteiger charge is -2.13. The summed E-state index contributed by atoms with van der Waals surface area (Å²) in [6, 6.07) is 9.78. The first kappa shape index (κ1) is 12.5. The first-order chi connectivity index (χ1) is 8.70. The summed E-state index contributed by atoms with van der Waals surface area (Å²) in [5.41, 5.74) is 2.83. The van der Waals surface area contributed by atoms with Gasteiger partial charge in [-0.3, -0.25) is 0 Å². The molecule has 1 aromatic carbocycles. The Labute approximate surface area is 107 Å². The van der Waals surface area contributed by atoms with Crippen LogP contribution in [0.25, 0.3) is 0 Å². The SMILES string of the molecule is CC(C)c1ccccc1Nc1nccc(CO)n1. The second-order valence-corrected chi connectivity index (χ2v) is 4.40. The monoisotopic (exact) mass is 243 g/mol. The zero-order valence-corrected chi connectivity index (χ0v) is 10.6. The molecule has 4 heteroatoms.